The molecule has 0 aliphatic carbocycles. The highest BCUT2D eigenvalue weighted by Gasteiger charge is 2.22. The molecule has 7 heteroatoms. The Hall–Kier alpha value is -3.14. The molecular weight excluding hydrogens is 286 g/mol. The van der Waals surface area contributed by atoms with Gasteiger partial charge in [-0.15, -0.1) is 0 Å². The maximum Gasteiger partial charge on any atom is 0.311 e. The van der Waals surface area contributed by atoms with Crippen LogP contribution >= 0.6 is 0 Å². The van der Waals surface area contributed by atoms with Crippen LogP contribution in [0.5, 0.6) is 5.75 Å². The molecular formula is C15H13N3O4. The van der Waals surface area contributed by atoms with Crippen molar-refractivity contribution in [1.82, 2.24) is 4.98 Å². The van der Waals surface area contributed by atoms with Gasteiger partial charge < -0.3 is 10.1 Å². The lowest BCUT2D eigenvalue weighted by atomic mass is 9.96. The van der Waals surface area contributed by atoms with Gasteiger partial charge in [0.05, 0.1) is 4.92 Å². The van der Waals surface area contributed by atoms with Gasteiger partial charge in [-0.2, -0.15) is 5.26 Å². The lowest BCUT2D eigenvalue weighted by Crippen LogP contribution is -2.13. The van der Waals surface area contributed by atoms with Crippen LogP contribution in [0.1, 0.15) is 23.7 Å². The number of aryl methyl sites for hydroxylation is 2. The zero-order valence-electron chi connectivity index (χ0n) is 12.0. The molecule has 0 saturated carbocycles. The third-order valence-corrected chi connectivity index (χ3v) is 3.32. The van der Waals surface area contributed by atoms with E-state index in [1.165, 1.54) is 12.1 Å². The Labute approximate surface area is 125 Å². The zero-order valence-corrected chi connectivity index (χ0v) is 12.0. The molecule has 112 valence electrons. The number of nitro groups is 1. The van der Waals surface area contributed by atoms with Crippen LogP contribution in [0.2, 0.25) is 0 Å². The number of aromatic nitrogens is 1. The van der Waals surface area contributed by atoms with Crippen LogP contribution in [0.15, 0.2) is 23.0 Å². The summed E-state index contributed by atoms with van der Waals surface area (Å²) >= 11 is 0. The van der Waals surface area contributed by atoms with Crippen molar-refractivity contribution in [3.63, 3.8) is 0 Å². The maximum atomic E-state index is 11.9. The highest BCUT2D eigenvalue weighted by atomic mass is 16.6. The van der Waals surface area contributed by atoms with E-state index in [1.54, 1.807) is 19.1 Å². The summed E-state index contributed by atoms with van der Waals surface area (Å²) in [5, 5.41) is 30.4. The van der Waals surface area contributed by atoms with E-state index in [-0.39, 0.29) is 16.7 Å². The fourth-order valence-electron chi connectivity index (χ4n) is 2.24. The highest BCUT2D eigenvalue weighted by molar-refractivity contribution is 5.79. The third-order valence-electron chi connectivity index (χ3n) is 3.32. The average Bonchev–Trinajstić information content (AvgIpc) is 2.46. The van der Waals surface area contributed by atoms with Gasteiger partial charge in [-0.3, -0.25) is 14.9 Å². The number of hydrogen-bond donors (Lipinski definition) is 2. The Balaban J connectivity index is 2.89. The van der Waals surface area contributed by atoms with Gasteiger partial charge in [-0.05, 0) is 31.0 Å². The molecule has 22 heavy (non-hydrogen) atoms. The van der Waals surface area contributed by atoms with E-state index in [2.05, 4.69) is 4.98 Å². The number of nitrogens with one attached hydrogen (secondary N) is 1. The minimum absolute atomic E-state index is 0.108. The normalized spacial score (nSPS) is 10.2. The summed E-state index contributed by atoms with van der Waals surface area (Å²) in [7, 11) is 0. The van der Waals surface area contributed by atoms with E-state index in [9.17, 15) is 20.0 Å². The molecule has 7 nitrogen and oxygen atoms in total. The van der Waals surface area contributed by atoms with Gasteiger partial charge in [0.25, 0.3) is 5.56 Å². The molecule has 0 atom stereocenters. The first-order valence-electron chi connectivity index (χ1n) is 6.53. The van der Waals surface area contributed by atoms with Crippen LogP contribution in [-0.4, -0.2) is 15.0 Å². The number of pyridine rings is 1. The number of nitrogens with zero attached hydrogens (tertiary/aromatic N) is 2. The van der Waals surface area contributed by atoms with E-state index < -0.39 is 21.9 Å². The first kappa shape index (κ1) is 15.3. The van der Waals surface area contributed by atoms with Gasteiger partial charge in [-0.25, -0.2) is 0 Å². The summed E-state index contributed by atoms with van der Waals surface area (Å²) in [6.45, 7) is 3.44. The average molecular weight is 299 g/mol. The van der Waals surface area contributed by atoms with E-state index in [0.717, 1.165) is 0 Å². The monoisotopic (exact) mass is 299 g/mol. The molecule has 0 aliphatic heterocycles. The second kappa shape index (κ2) is 5.69. The molecule has 2 N–H and O–H groups in total. The van der Waals surface area contributed by atoms with E-state index in [4.69, 9.17) is 5.26 Å². The van der Waals surface area contributed by atoms with Crippen LogP contribution < -0.4 is 5.56 Å². The Kier molecular flexibility index (Phi) is 3.95. The summed E-state index contributed by atoms with van der Waals surface area (Å²) < 4.78 is 0. The molecule has 0 amide bonds. The number of phenolic OH excluding ortho intramolecular Hbond substituents is 1. The van der Waals surface area contributed by atoms with E-state index in [0.29, 0.717) is 17.7 Å². The van der Waals surface area contributed by atoms with Crippen molar-refractivity contribution in [2.45, 2.75) is 20.3 Å². The molecule has 0 radical (unpaired) electrons. The predicted octanol–water partition coefficient (Wildman–Crippen LogP) is 2.40. The van der Waals surface area contributed by atoms with Crippen molar-refractivity contribution in [2.24, 2.45) is 0 Å². The van der Waals surface area contributed by atoms with Crippen molar-refractivity contribution in [1.29, 1.82) is 5.26 Å². The van der Waals surface area contributed by atoms with Gasteiger partial charge in [0.2, 0.25) is 5.75 Å². The van der Waals surface area contributed by atoms with Crippen LogP contribution in [0.4, 0.5) is 5.69 Å². The summed E-state index contributed by atoms with van der Waals surface area (Å²) in [6.07, 6.45) is 0.512. The van der Waals surface area contributed by atoms with Gasteiger partial charge >= 0.3 is 5.69 Å². The Morgan fingerprint density at radius 3 is 2.59 bits per heavy atom. The van der Waals surface area contributed by atoms with Crippen LogP contribution in [-0.2, 0) is 6.42 Å². The molecule has 2 rings (SSSR count). The molecule has 0 fully saturated rings. The second-order valence-electron chi connectivity index (χ2n) is 4.80. The van der Waals surface area contributed by atoms with E-state index in [1.807, 2.05) is 6.92 Å². The first-order valence-corrected chi connectivity index (χ1v) is 6.53. The smallest absolute Gasteiger partial charge is 0.311 e. The Morgan fingerprint density at radius 1 is 1.36 bits per heavy atom. The van der Waals surface area contributed by atoms with Crippen molar-refractivity contribution in [3.05, 3.63) is 55.5 Å². The number of H-pyrrole nitrogens is 1. The Morgan fingerprint density at radius 2 is 2.05 bits per heavy atom. The number of benzene rings is 1. The maximum absolute atomic E-state index is 11.9. The minimum Gasteiger partial charge on any atom is -0.502 e. The SMILES string of the molecule is CCc1cc(-c2cc(C)[nH]c(=O)c2C#N)c(O)c([N+](=O)[O-])c1. The molecule has 2 aromatic rings. The summed E-state index contributed by atoms with van der Waals surface area (Å²) in [6, 6.07) is 6.13. The van der Waals surface area contributed by atoms with Crippen LogP contribution in [0.25, 0.3) is 11.1 Å². The van der Waals surface area contributed by atoms with Gasteiger partial charge in [0.15, 0.2) is 0 Å². The number of hydrogen-bond acceptors (Lipinski definition) is 5. The van der Waals surface area contributed by atoms with Crippen molar-refractivity contribution >= 4 is 5.69 Å². The van der Waals surface area contributed by atoms with Crippen molar-refractivity contribution < 1.29 is 10.0 Å². The lowest BCUT2D eigenvalue weighted by molar-refractivity contribution is -0.385. The number of nitriles is 1. The first-order chi connectivity index (χ1) is 10.4. The molecule has 1 aromatic carbocycles. The van der Waals surface area contributed by atoms with Gasteiger partial charge in [0, 0.05) is 22.9 Å². The highest BCUT2D eigenvalue weighted by Crippen LogP contribution is 2.39. The molecule has 0 spiro atoms. The lowest BCUT2D eigenvalue weighted by Gasteiger charge is -2.10. The molecule has 0 unspecified atom stereocenters. The summed E-state index contributed by atoms with van der Waals surface area (Å²) in [5.74, 6) is -0.552. The van der Waals surface area contributed by atoms with Gasteiger partial charge in [0.1, 0.15) is 11.6 Å². The molecule has 0 aliphatic rings. The van der Waals surface area contributed by atoms with E-state index >= 15 is 0 Å². The molecule has 0 bridgehead atoms. The predicted molar refractivity (Wildman–Crippen MR) is 79.6 cm³/mol. The number of aromatic amines is 1. The largest absolute Gasteiger partial charge is 0.502 e. The Bertz CT molecular complexity index is 862. The third kappa shape index (κ3) is 2.54. The fraction of sp³-hybridized carbons (Fsp3) is 0.200. The fourth-order valence-corrected chi connectivity index (χ4v) is 2.24. The standard InChI is InChI=1S/C15H13N3O4/c1-3-9-5-11(14(19)13(6-9)18(21)22)10-4-8(2)17-15(20)12(10)7-16/h4-6,19H,3H2,1-2H3,(H,17,20). The van der Waals surface area contributed by atoms with Crippen molar-refractivity contribution in [2.75, 3.05) is 0 Å². The quantitative estimate of drug-likeness (QED) is 0.666. The summed E-state index contributed by atoms with van der Waals surface area (Å²) in [5.41, 5.74) is 0.168. The van der Waals surface area contributed by atoms with Crippen LogP contribution in [0.3, 0.4) is 0 Å². The molecule has 1 heterocycles. The topological polar surface area (TPSA) is 120 Å². The number of rotatable bonds is 3. The minimum atomic E-state index is -0.690. The number of aromatic hydroxyl groups is 1. The zero-order chi connectivity index (χ0) is 16.4. The van der Waals surface area contributed by atoms with Crippen molar-refractivity contribution in [3.8, 4) is 22.9 Å². The summed E-state index contributed by atoms with van der Waals surface area (Å²) in [4.78, 5) is 24.7. The second-order valence-corrected chi connectivity index (χ2v) is 4.80. The number of nitro benzene ring substituents is 1. The number of phenols is 1. The van der Waals surface area contributed by atoms with Crippen LogP contribution in [0, 0.1) is 28.4 Å². The molecule has 0 saturated heterocycles. The molecule has 1 aromatic heterocycles. The van der Waals surface area contributed by atoms with Gasteiger partial charge in [-0.1, -0.05) is 6.92 Å².